The minimum atomic E-state index is -0.679. The van der Waals surface area contributed by atoms with Crippen molar-refractivity contribution in [1.29, 1.82) is 5.26 Å². The van der Waals surface area contributed by atoms with E-state index >= 15 is 0 Å². The number of ether oxygens (including phenoxy) is 1. The highest BCUT2D eigenvalue weighted by Crippen LogP contribution is 2.38. The van der Waals surface area contributed by atoms with Gasteiger partial charge in [-0.2, -0.15) is 5.26 Å². The lowest BCUT2D eigenvalue weighted by molar-refractivity contribution is 0.292. The van der Waals surface area contributed by atoms with E-state index in [1.165, 1.54) is 16.7 Å². The van der Waals surface area contributed by atoms with Crippen LogP contribution in [0.2, 0.25) is 0 Å². The third kappa shape index (κ3) is 2.66. The normalized spacial score (nSPS) is 11.7. The van der Waals surface area contributed by atoms with Crippen LogP contribution in [0.15, 0.2) is 71.9 Å². The number of benzene rings is 1. The number of hydrogen-bond donors (Lipinski definition) is 0. The number of rotatable bonds is 2. The summed E-state index contributed by atoms with van der Waals surface area (Å²) in [7, 11) is 0. The number of nitriles is 1. The second-order valence-corrected chi connectivity index (χ2v) is 6.68. The molecule has 4 aromatic rings. The average molecular weight is 396 g/mol. The maximum absolute atomic E-state index is 14.3. The molecule has 30 heavy (non-hydrogen) atoms. The number of aromatic nitrogens is 3. The van der Waals surface area contributed by atoms with Gasteiger partial charge in [0, 0.05) is 29.1 Å². The number of pyridine rings is 3. The molecular weight excluding hydrogens is 383 g/mol. The monoisotopic (exact) mass is 396 g/mol. The fourth-order valence-corrected chi connectivity index (χ4v) is 3.67. The van der Waals surface area contributed by atoms with Gasteiger partial charge in [-0.05, 0) is 36.4 Å². The van der Waals surface area contributed by atoms with Crippen molar-refractivity contribution in [2.24, 2.45) is 0 Å². The maximum Gasteiger partial charge on any atom is 0.263 e. The Hall–Kier alpha value is -4.31. The standard InChI is InChI=1S/C23H13FN4O2/c24-19-6-1-5-15(18(19)11-25)16-10-17-20(13-30-21-7-3-9-27-22(17)21)28(23(16)29)14-4-2-8-26-12-14/h1-10,12H,13H2. The lowest BCUT2D eigenvalue weighted by Gasteiger charge is -2.24. The minimum absolute atomic E-state index is 0.159. The van der Waals surface area contributed by atoms with Gasteiger partial charge in [-0.1, -0.05) is 12.1 Å². The van der Waals surface area contributed by atoms with Crippen molar-refractivity contribution in [2.45, 2.75) is 6.61 Å². The quantitative estimate of drug-likeness (QED) is 0.514. The summed E-state index contributed by atoms with van der Waals surface area (Å²) >= 11 is 0. The summed E-state index contributed by atoms with van der Waals surface area (Å²) in [5.74, 6) is -0.0889. The molecule has 0 saturated heterocycles. The largest absolute Gasteiger partial charge is 0.485 e. The van der Waals surface area contributed by atoms with Crippen molar-refractivity contribution in [3.8, 4) is 39.9 Å². The van der Waals surface area contributed by atoms with E-state index in [4.69, 9.17) is 4.74 Å². The van der Waals surface area contributed by atoms with Crippen LogP contribution in [0.3, 0.4) is 0 Å². The molecule has 1 aliphatic rings. The van der Waals surface area contributed by atoms with E-state index in [1.54, 1.807) is 55.0 Å². The molecule has 0 atom stereocenters. The van der Waals surface area contributed by atoms with Gasteiger partial charge in [-0.15, -0.1) is 0 Å². The van der Waals surface area contributed by atoms with Gasteiger partial charge < -0.3 is 4.74 Å². The Balaban J connectivity index is 1.91. The third-order valence-corrected chi connectivity index (χ3v) is 5.01. The summed E-state index contributed by atoms with van der Waals surface area (Å²) in [4.78, 5) is 22.1. The molecule has 3 aromatic heterocycles. The Morgan fingerprint density at radius 3 is 2.73 bits per heavy atom. The molecule has 6 nitrogen and oxygen atoms in total. The van der Waals surface area contributed by atoms with Gasteiger partial charge in [0.1, 0.15) is 29.9 Å². The molecule has 0 radical (unpaired) electrons. The zero-order valence-electron chi connectivity index (χ0n) is 15.5. The van der Waals surface area contributed by atoms with E-state index in [1.807, 2.05) is 6.07 Å². The van der Waals surface area contributed by atoms with Crippen LogP contribution in [-0.4, -0.2) is 14.5 Å². The Labute approximate surface area is 170 Å². The SMILES string of the molecule is N#Cc1c(F)cccc1-c1cc2c(n(-c3cccnc3)c1=O)COc1cccnc1-2. The number of nitrogens with zero attached hydrogens (tertiary/aromatic N) is 4. The van der Waals surface area contributed by atoms with Gasteiger partial charge in [0.05, 0.1) is 23.1 Å². The van der Waals surface area contributed by atoms with Crippen molar-refractivity contribution < 1.29 is 9.13 Å². The molecule has 0 unspecified atom stereocenters. The van der Waals surface area contributed by atoms with E-state index in [0.717, 1.165) is 0 Å². The summed E-state index contributed by atoms with van der Waals surface area (Å²) in [6.07, 6.45) is 4.81. The van der Waals surface area contributed by atoms with Crippen LogP contribution in [-0.2, 0) is 6.61 Å². The van der Waals surface area contributed by atoms with Crippen LogP contribution in [0.4, 0.5) is 4.39 Å². The maximum atomic E-state index is 14.3. The smallest absolute Gasteiger partial charge is 0.263 e. The van der Waals surface area contributed by atoms with Crippen molar-refractivity contribution in [2.75, 3.05) is 0 Å². The highest BCUT2D eigenvalue weighted by Gasteiger charge is 2.26. The Kier molecular flexibility index (Phi) is 4.11. The first-order chi connectivity index (χ1) is 14.7. The Morgan fingerprint density at radius 1 is 1.07 bits per heavy atom. The zero-order chi connectivity index (χ0) is 20.7. The first-order valence-electron chi connectivity index (χ1n) is 9.15. The Morgan fingerprint density at radius 2 is 1.93 bits per heavy atom. The third-order valence-electron chi connectivity index (χ3n) is 5.01. The van der Waals surface area contributed by atoms with Crippen LogP contribution >= 0.6 is 0 Å². The van der Waals surface area contributed by atoms with Gasteiger partial charge in [-0.3, -0.25) is 19.3 Å². The number of halogens is 1. The number of fused-ring (bicyclic) bond motifs is 3. The molecule has 144 valence electrons. The molecule has 1 aromatic carbocycles. The Bertz CT molecular complexity index is 1390. The fourth-order valence-electron chi connectivity index (χ4n) is 3.67. The predicted molar refractivity (Wildman–Crippen MR) is 108 cm³/mol. The molecule has 0 saturated carbocycles. The van der Waals surface area contributed by atoms with E-state index < -0.39 is 11.4 Å². The van der Waals surface area contributed by atoms with Gasteiger partial charge in [0.15, 0.2) is 0 Å². The van der Waals surface area contributed by atoms with E-state index in [9.17, 15) is 14.4 Å². The predicted octanol–water partition coefficient (Wildman–Crippen LogP) is 3.86. The summed E-state index contributed by atoms with van der Waals surface area (Å²) in [6.45, 7) is 0.159. The summed E-state index contributed by atoms with van der Waals surface area (Å²) in [5.41, 5.74) is 2.26. The number of hydrogen-bond acceptors (Lipinski definition) is 5. The first-order valence-corrected chi connectivity index (χ1v) is 9.15. The molecular formula is C23H13FN4O2. The van der Waals surface area contributed by atoms with Crippen molar-refractivity contribution >= 4 is 0 Å². The first kappa shape index (κ1) is 17.8. The van der Waals surface area contributed by atoms with Crippen LogP contribution in [0, 0.1) is 17.1 Å². The highest BCUT2D eigenvalue weighted by molar-refractivity contribution is 5.79. The lowest BCUT2D eigenvalue weighted by atomic mass is 9.96. The molecule has 0 fully saturated rings. The molecule has 7 heteroatoms. The zero-order valence-corrected chi connectivity index (χ0v) is 15.5. The van der Waals surface area contributed by atoms with Gasteiger partial charge >= 0.3 is 0 Å². The minimum Gasteiger partial charge on any atom is -0.485 e. The summed E-state index contributed by atoms with van der Waals surface area (Å²) < 4.78 is 21.6. The molecule has 1 aliphatic heterocycles. The summed E-state index contributed by atoms with van der Waals surface area (Å²) in [5, 5.41) is 9.49. The lowest BCUT2D eigenvalue weighted by Crippen LogP contribution is -2.27. The molecule has 0 bridgehead atoms. The molecule has 5 rings (SSSR count). The van der Waals surface area contributed by atoms with E-state index in [0.29, 0.717) is 28.4 Å². The molecule has 0 spiro atoms. The fraction of sp³-hybridized carbons (Fsp3) is 0.0435. The van der Waals surface area contributed by atoms with E-state index in [2.05, 4.69) is 9.97 Å². The van der Waals surface area contributed by atoms with Crippen LogP contribution in [0.25, 0.3) is 28.1 Å². The van der Waals surface area contributed by atoms with E-state index in [-0.39, 0.29) is 23.3 Å². The van der Waals surface area contributed by atoms with Gasteiger partial charge in [0.25, 0.3) is 5.56 Å². The highest BCUT2D eigenvalue weighted by atomic mass is 19.1. The van der Waals surface area contributed by atoms with Gasteiger partial charge in [-0.25, -0.2) is 4.39 Å². The van der Waals surface area contributed by atoms with Crippen LogP contribution < -0.4 is 10.3 Å². The van der Waals surface area contributed by atoms with Gasteiger partial charge in [0.2, 0.25) is 0 Å². The molecule has 4 heterocycles. The van der Waals surface area contributed by atoms with Crippen molar-refractivity contribution in [1.82, 2.24) is 14.5 Å². The molecule has 0 amide bonds. The van der Waals surface area contributed by atoms with Crippen LogP contribution in [0.1, 0.15) is 11.3 Å². The second-order valence-electron chi connectivity index (χ2n) is 6.68. The molecule has 0 N–H and O–H groups in total. The van der Waals surface area contributed by atoms with Crippen LogP contribution in [0.5, 0.6) is 5.75 Å². The van der Waals surface area contributed by atoms with Crippen molar-refractivity contribution in [3.63, 3.8) is 0 Å². The average Bonchev–Trinajstić information content (AvgIpc) is 2.79. The molecule has 0 aliphatic carbocycles. The van der Waals surface area contributed by atoms with Crippen molar-refractivity contribution in [3.05, 3.63) is 94.5 Å². The summed E-state index contributed by atoms with van der Waals surface area (Å²) in [6, 6.07) is 14.8. The topological polar surface area (TPSA) is 80.8 Å². The second kappa shape index (κ2) is 6.94.